The van der Waals surface area contributed by atoms with Crippen molar-refractivity contribution in [1.29, 1.82) is 0 Å². The van der Waals surface area contributed by atoms with Crippen molar-refractivity contribution in [2.24, 2.45) is 0 Å². The van der Waals surface area contributed by atoms with E-state index in [0.717, 1.165) is 13.0 Å². The SMILES string of the molecule is CCCCCCNc1ncc(C(=O)O)s1. The predicted octanol–water partition coefficient (Wildman–Crippen LogP) is 2.83. The van der Waals surface area contributed by atoms with Gasteiger partial charge in [-0.2, -0.15) is 0 Å². The summed E-state index contributed by atoms with van der Waals surface area (Å²) in [7, 11) is 0. The van der Waals surface area contributed by atoms with Crippen molar-refractivity contribution >= 4 is 22.4 Å². The van der Waals surface area contributed by atoms with Crippen LogP contribution in [0.2, 0.25) is 0 Å². The zero-order chi connectivity index (χ0) is 11.1. The maximum absolute atomic E-state index is 10.6. The second-order valence-electron chi connectivity index (χ2n) is 3.32. The number of hydrogen-bond donors (Lipinski definition) is 2. The zero-order valence-electron chi connectivity index (χ0n) is 8.82. The third-order valence-corrected chi connectivity index (χ3v) is 2.97. The van der Waals surface area contributed by atoms with E-state index in [1.165, 1.54) is 36.8 Å². The molecule has 0 saturated heterocycles. The Labute approximate surface area is 93.4 Å². The molecule has 0 aliphatic rings. The fourth-order valence-corrected chi connectivity index (χ4v) is 1.88. The van der Waals surface area contributed by atoms with E-state index in [1.54, 1.807) is 0 Å². The average molecular weight is 228 g/mol. The van der Waals surface area contributed by atoms with E-state index in [0.29, 0.717) is 5.13 Å². The highest BCUT2D eigenvalue weighted by Crippen LogP contribution is 2.17. The van der Waals surface area contributed by atoms with Gasteiger partial charge in [-0.25, -0.2) is 9.78 Å². The number of hydrogen-bond acceptors (Lipinski definition) is 4. The molecule has 1 rings (SSSR count). The van der Waals surface area contributed by atoms with E-state index in [9.17, 15) is 4.79 Å². The number of aromatic nitrogens is 1. The lowest BCUT2D eigenvalue weighted by Crippen LogP contribution is -2.00. The molecule has 5 heteroatoms. The third-order valence-electron chi connectivity index (χ3n) is 2.02. The lowest BCUT2D eigenvalue weighted by atomic mass is 10.2. The predicted molar refractivity (Wildman–Crippen MR) is 61.7 cm³/mol. The van der Waals surface area contributed by atoms with Crippen LogP contribution in [0.15, 0.2) is 6.20 Å². The molecule has 84 valence electrons. The van der Waals surface area contributed by atoms with Gasteiger partial charge in [0.2, 0.25) is 0 Å². The molecule has 1 heterocycles. The van der Waals surface area contributed by atoms with E-state index in [1.807, 2.05) is 0 Å². The number of anilines is 1. The first kappa shape index (κ1) is 12.0. The molecule has 15 heavy (non-hydrogen) atoms. The van der Waals surface area contributed by atoms with Crippen molar-refractivity contribution in [1.82, 2.24) is 4.98 Å². The molecule has 0 unspecified atom stereocenters. The smallest absolute Gasteiger partial charge is 0.347 e. The molecule has 0 atom stereocenters. The largest absolute Gasteiger partial charge is 0.477 e. The molecule has 1 aromatic rings. The summed E-state index contributed by atoms with van der Waals surface area (Å²) in [5, 5.41) is 12.5. The standard InChI is InChI=1S/C10H16N2O2S/c1-2-3-4-5-6-11-10-12-7-8(15-10)9(13)14/h7H,2-6H2,1H3,(H,11,12)(H,13,14). The summed E-state index contributed by atoms with van der Waals surface area (Å²) < 4.78 is 0. The molecular formula is C10H16N2O2S. The van der Waals surface area contributed by atoms with Crippen LogP contribution < -0.4 is 5.32 Å². The van der Waals surface area contributed by atoms with E-state index in [4.69, 9.17) is 5.11 Å². The maximum atomic E-state index is 10.6. The highest BCUT2D eigenvalue weighted by atomic mass is 32.1. The van der Waals surface area contributed by atoms with Gasteiger partial charge in [0.05, 0.1) is 6.20 Å². The Hall–Kier alpha value is -1.10. The molecule has 0 bridgehead atoms. The lowest BCUT2D eigenvalue weighted by Gasteiger charge is -2.00. The van der Waals surface area contributed by atoms with Gasteiger partial charge in [-0.3, -0.25) is 0 Å². The van der Waals surface area contributed by atoms with Crippen molar-refractivity contribution in [2.75, 3.05) is 11.9 Å². The van der Waals surface area contributed by atoms with Gasteiger partial charge in [-0.05, 0) is 6.42 Å². The van der Waals surface area contributed by atoms with E-state index >= 15 is 0 Å². The van der Waals surface area contributed by atoms with Crippen LogP contribution in [0.4, 0.5) is 5.13 Å². The number of unbranched alkanes of at least 4 members (excludes halogenated alkanes) is 3. The summed E-state index contributed by atoms with van der Waals surface area (Å²) in [5.41, 5.74) is 0. The number of aromatic carboxylic acids is 1. The number of carboxylic acid groups (broad SMARTS) is 1. The Morgan fingerprint density at radius 3 is 2.93 bits per heavy atom. The summed E-state index contributed by atoms with van der Waals surface area (Å²) in [6, 6.07) is 0. The minimum atomic E-state index is -0.911. The number of nitrogens with zero attached hydrogens (tertiary/aromatic N) is 1. The molecule has 0 saturated carbocycles. The molecular weight excluding hydrogens is 212 g/mol. The van der Waals surface area contributed by atoms with Crippen LogP contribution in [0, 0.1) is 0 Å². The molecule has 0 amide bonds. The summed E-state index contributed by atoms with van der Waals surface area (Å²) >= 11 is 1.18. The number of carbonyl (C=O) groups is 1. The topological polar surface area (TPSA) is 62.2 Å². The van der Waals surface area contributed by atoms with Crippen molar-refractivity contribution < 1.29 is 9.90 Å². The van der Waals surface area contributed by atoms with Gasteiger partial charge >= 0.3 is 5.97 Å². The number of thiazole rings is 1. The normalized spacial score (nSPS) is 10.2. The molecule has 0 radical (unpaired) electrons. The quantitative estimate of drug-likeness (QED) is 0.704. The lowest BCUT2D eigenvalue weighted by molar-refractivity contribution is 0.0702. The van der Waals surface area contributed by atoms with Crippen molar-refractivity contribution in [3.05, 3.63) is 11.1 Å². The highest BCUT2D eigenvalue weighted by molar-refractivity contribution is 7.17. The van der Waals surface area contributed by atoms with Gasteiger partial charge in [0.1, 0.15) is 4.88 Å². The van der Waals surface area contributed by atoms with Crippen molar-refractivity contribution in [3.8, 4) is 0 Å². The minimum Gasteiger partial charge on any atom is -0.477 e. The van der Waals surface area contributed by atoms with Gasteiger partial charge in [0.25, 0.3) is 0 Å². The molecule has 0 aliphatic carbocycles. The van der Waals surface area contributed by atoms with E-state index in [2.05, 4.69) is 17.2 Å². The Morgan fingerprint density at radius 1 is 1.53 bits per heavy atom. The van der Waals surface area contributed by atoms with Crippen LogP contribution in [-0.4, -0.2) is 22.6 Å². The van der Waals surface area contributed by atoms with Gasteiger partial charge in [0, 0.05) is 6.54 Å². The summed E-state index contributed by atoms with van der Waals surface area (Å²) in [6.07, 6.45) is 6.18. The Kier molecular flexibility index (Phi) is 5.10. The van der Waals surface area contributed by atoms with Gasteiger partial charge in [-0.15, -0.1) is 0 Å². The van der Waals surface area contributed by atoms with Crippen LogP contribution in [0.3, 0.4) is 0 Å². The highest BCUT2D eigenvalue weighted by Gasteiger charge is 2.07. The number of nitrogens with one attached hydrogen (secondary N) is 1. The van der Waals surface area contributed by atoms with Gasteiger partial charge < -0.3 is 10.4 Å². The first-order chi connectivity index (χ1) is 7.24. The third kappa shape index (κ3) is 4.29. The summed E-state index contributed by atoms with van der Waals surface area (Å²) in [6.45, 7) is 3.04. The fourth-order valence-electron chi connectivity index (χ4n) is 1.20. The molecule has 0 fully saturated rings. The Balaban J connectivity index is 2.23. The molecule has 2 N–H and O–H groups in total. The maximum Gasteiger partial charge on any atom is 0.347 e. The first-order valence-corrected chi connectivity index (χ1v) is 5.98. The molecule has 1 aromatic heterocycles. The second kappa shape index (κ2) is 6.40. The van der Waals surface area contributed by atoms with E-state index in [-0.39, 0.29) is 4.88 Å². The molecule has 0 aromatic carbocycles. The summed E-state index contributed by atoms with van der Waals surface area (Å²) in [4.78, 5) is 14.8. The van der Waals surface area contributed by atoms with Crippen LogP contribution >= 0.6 is 11.3 Å². The van der Waals surface area contributed by atoms with Gasteiger partial charge in [-0.1, -0.05) is 37.5 Å². The molecule has 0 aliphatic heterocycles. The fraction of sp³-hybridized carbons (Fsp3) is 0.600. The van der Waals surface area contributed by atoms with E-state index < -0.39 is 5.97 Å². The van der Waals surface area contributed by atoms with Crippen LogP contribution in [0.25, 0.3) is 0 Å². The first-order valence-electron chi connectivity index (χ1n) is 5.17. The summed E-state index contributed by atoms with van der Waals surface area (Å²) in [5.74, 6) is -0.911. The average Bonchev–Trinajstić information content (AvgIpc) is 2.66. The molecule has 4 nitrogen and oxygen atoms in total. The van der Waals surface area contributed by atoms with Gasteiger partial charge in [0.15, 0.2) is 5.13 Å². The van der Waals surface area contributed by atoms with Crippen molar-refractivity contribution in [2.45, 2.75) is 32.6 Å². The van der Waals surface area contributed by atoms with Crippen LogP contribution in [0.5, 0.6) is 0 Å². The van der Waals surface area contributed by atoms with Crippen LogP contribution in [-0.2, 0) is 0 Å². The number of rotatable bonds is 7. The Morgan fingerprint density at radius 2 is 2.33 bits per heavy atom. The number of carboxylic acids is 1. The minimum absolute atomic E-state index is 0.283. The Bertz CT molecular complexity index is 312. The van der Waals surface area contributed by atoms with Crippen LogP contribution in [0.1, 0.15) is 42.3 Å². The monoisotopic (exact) mass is 228 g/mol. The second-order valence-corrected chi connectivity index (χ2v) is 4.35. The zero-order valence-corrected chi connectivity index (χ0v) is 9.64. The van der Waals surface area contributed by atoms with Crippen molar-refractivity contribution in [3.63, 3.8) is 0 Å². The molecule has 0 spiro atoms.